The van der Waals surface area contributed by atoms with Gasteiger partial charge in [-0.05, 0) is 31.4 Å². The fourth-order valence-electron chi connectivity index (χ4n) is 3.95. The van der Waals surface area contributed by atoms with Crippen LogP contribution in [0, 0.1) is 13.8 Å². The highest BCUT2D eigenvalue weighted by Crippen LogP contribution is 2.36. The molecule has 4 rings (SSSR count). The van der Waals surface area contributed by atoms with Crippen LogP contribution in [0.4, 0.5) is 0 Å². The lowest BCUT2D eigenvalue weighted by molar-refractivity contribution is 0.393. The Morgan fingerprint density at radius 2 is 1.48 bits per heavy atom. The van der Waals surface area contributed by atoms with Crippen LogP contribution in [0.1, 0.15) is 40.6 Å². The Kier molecular flexibility index (Phi) is 6.23. The smallest absolute Gasteiger partial charge is 0.141 e. The van der Waals surface area contributed by atoms with Crippen LogP contribution in [-0.2, 0) is 0 Å². The molecule has 0 aliphatic carbocycles. The van der Waals surface area contributed by atoms with Gasteiger partial charge in [0.2, 0.25) is 0 Å². The minimum atomic E-state index is -0.0854. The number of nitrogens with zero attached hydrogens (tertiary/aromatic N) is 2. The van der Waals surface area contributed by atoms with Crippen molar-refractivity contribution in [1.29, 1.82) is 0 Å². The first-order chi connectivity index (χ1) is 15.2. The molecule has 0 radical (unpaired) electrons. The van der Waals surface area contributed by atoms with Crippen molar-refractivity contribution in [2.45, 2.75) is 26.3 Å². The van der Waals surface area contributed by atoms with Crippen LogP contribution in [-0.4, -0.2) is 10.9 Å². The molecule has 0 saturated heterocycles. The van der Waals surface area contributed by atoms with Gasteiger partial charge in [0.05, 0.1) is 17.4 Å². The van der Waals surface area contributed by atoms with Crippen LogP contribution >= 0.6 is 0 Å². The fraction of sp³-hybridized carbons (Fsp3) is 0.143. The van der Waals surface area contributed by atoms with E-state index in [2.05, 4.69) is 60.3 Å². The average Bonchev–Trinajstić information content (AvgIpc) is 3.15. The number of hydrogen-bond donors (Lipinski definition) is 0. The molecule has 1 aromatic heterocycles. The van der Waals surface area contributed by atoms with E-state index in [4.69, 9.17) is 9.52 Å². The lowest BCUT2D eigenvalue weighted by Gasteiger charge is -2.18. The van der Waals surface area contributed by atoms with Gasteiger partial charge in [0.1, 0.15) is 5.76 Å². The molecule has 3 heteroatoms. The van der Waals surface area contributed by atoms with Gasteiger partial charge in [-0.25, -0.2) is 0 Å². The van der Waals surface area contributed by atoms with E-state index in [9.17, 15) is 0 Å². The summed E-state index contributed by atoms with van der Waals surface area (Å²) in [5, 5.41) is 4.16. The number of aryl methyl sites for hydroxylation is 2. The van der Waals surface area contributed by atoms with Crippen LogP contribution < -0.4 is 0 Å². The fourth-order valence-corrected chi connectivity index (χ4v) is 3.95. The first kappa shape index (κ1) is 20.5. The molecule has 0 bridgehead atoms. The minimum Gasteiger partial charge on any atom is -0.361 e. The first-order valence-corrected chi connectivity index (χ1v) is 10.5. The number of hydrogen-bond acceptors (Lipinski definition) is 3. The predicted octanol–water partition coefficient (Wildman–Crippen LogP) is 7.11. The van der Waals surface area contributed by atoms with E-state index in [0.717, 1.165) is 51.4 Å². The molecule has 3 aromatic carbocycles. The summed E-state index contributed by atoms with van der Waals surface area (Å²) < 4.78 is 5.46. The Morgan fingerprint density at radius 3 is 2.03 bits per heavy atom. The van der Waals surface area contributed by atoms with Gasteiger partial charge in [-0.3, -0.25) is 4.99 Å². The lowest BCUT2D eigenvalue weighted by Crippen LogP contribution is -2.08. The molecule has 0 aliphatic heterocycles. The van der Waals surface area contributed by atoms with Gasteiger partial charge in [0.25, 0.3) is 0 Å². The predicted molar refractivity (Wildman–Crippen MR) is 127 cm³/mol. The highest BCUT2D eigenvalue weighted by atomic mass is 16.5. The largest absolute Gasteiger partial charge is 0.361 e. The number of benzene rings is 3. The summed E-state index contributed by atoms with van der Waals surface area (Å²) in [4.78, 5) is 5.30. The van der Waals surface area contributed by atoms with Crippen molar-refractivity contribution in [1.82, 2.24) is 5.16 Å². The van der Waals surface area contributed by atoms with E-state index in [-0.39, 0.29) is 6.04 Å². The third-order valence-electron chi connectivity index (χ3n) is 5.39. The Morgan fingerprint density at radius 1 is 0.903 bits per heavy atom. The van der Waals surface area contributed by atoms with Crippen molar-refractivity contribution in [2.75, 3.05) is 0 Å². The third-order valence-corrected chi connectivity index (χ3v) is 5.39. The van der Waals surface area contributed by atoms with E-state index in [1.165, 1.54) is 0 Å². The summed E-state index contributed by atoms with van der Waals surface area (Å²) >= 11 is 0. The zero-order valence-electron chi connectivity index (χ0n) is 18.0. The summed E-state index contributed by atoms with van der Waals surface area (Å²) in [6.45, 7) is 7.94. The Hall–Kier alpha value is -3.72. The zero-order chi connectivity index (χ0) is 21.6. The van der Waals surface area contributed by atoms with Crippen molar-refractivity contribution in [3.63, 3.8) is 0 Å². The molecule has 0 N–H and O–H groups in total. The molecule has 0 saturated carbocycles. The van der Waals surface area contributed by atoms with Gasteiger partial charge in [-0.15, -0.1) is 6.58 Å². The van der Waals surface area contributed by atoms with Gasteiger partial charge in [-0.1, -0.05) is 96.2 Å². The summed E-state index contributed by atoms with van der Waals surface area (Å²) in [7, 11) is 0. The van der Waals surface area contributed by atoms with Crippen molar-refractivity contribution >= 4 is 5.71 Å². The van der Waals surface area contributed by atoms with Crippen LogP contribution in [0.15, 0.2) is 107 Å². The van der Waals surface area contributed by atoms with Gasteiger partial charge in [0, 0.05) is 16.7 Å². The van der Waals surface area contributed by atoms with E-state index >= 15 is 0 Å². The Labute approximate surface area is 183 Å². The second kappa shape index (κ2) is 9.40. The molecule has 4 aromatic rings. The van der Waals surface area contributed by atoms with Gasteiger partial charge >= 0.3 is 0 Å². The van der Waals surface area contributed by atoms with Crippen LogP contribution in [0.3, 0.4) is 0 Å². The maximum atomic E-state index is 5.46. The molecule has 0 aliphatic rings. The maximum Gasteiger partial charge on any atom is 0.141 e. The highest BCUT2D eigenvalue weighted by Gasteiger charge is 2.20. The Bertz CT molecular complexity index is 1130. The second-order valence-corrected chi connectivity index (χ2v) is 7.54. The SMILES string of the molecule is C=CCC(N=C(c1ccccc1)c1ccccc1)c1ccccc1-c1c(C)noc1C. The third kappa shape index (κ3) is 4.41. The lowest BCUT2D eigenvalue weighted by atomic mass is 9.92. The number of aromatic nitrogens is 1. The zero-order valence-corrected chi connectivity index (χ0v) is 18.0. The van der Waals surface area contributed by atoms with Gasteiger partial charge < -0.3 is 4.52 Å². The summed E-state index contributed by atoms with van der Waals surface area (Å²) in [6, 6.07) is 29.0. The summed E-state index contributed by atoms with van der Waals surface area (Å²) in [5.74, 6) is 0.817. The van der Waals surface area contributed by atoms with Crippen molar-refractivity contribution in [3.05, 3.63) is 126 Å². The highest BCUT2D eigenvalue weighted by molar-refractivity contribution is 6.13. The topological polar surface area (TPSA) is 38.4 Å². The van der Waals surface area contributed by atoms with Gasteiger partial charge in [-0.2, -0.15) is 0 Å². The maximum absolute atomic E-state index is 5.46. The molecule has 0 amide bonds. The number of rotatable bonds is 7. The second-order valence-electron chi connectivity index (χ2n) is 7.54. The molecular formula is C28H26N2O. The molecule has 31 heavy (non-hydrogen) atoms. The molecule has 1 unspecified atom stereocenters. The van der Waals surface area contributed by atoms with Crippen LogP contribution in [0.5, 0.6) is 0 Å². The van der Waals surface area contributed by atoms with E-state index in [0.29, 0.717) is 0 Å². The average molecular weight is 407 g/mol. The standard InChI is InChI=1S/C28H26N2O/c1-4-13-26(24-18-11-12-19-25(24)27-20(2)30-31-21(27)3)29-28(22-14-7-5-8-15-22)23-16-9-6-10-17-23/h4-12,14-19,26H,1,13H2,2-3H3. The molecule has 1 heterocycles. The molecule has 1 atom stereocenters. The number of aliphatic imine (C=N–C) groups is 1. The molecule has 0 fully saturated rings. The van der Waals surface area contributed by atoms with Crippen molar-refractivity contribution < 1.29 is 4.52 Å². The monoisotopic (exact) mass is 406 g/mol. The molecule has 154 valence electrons. The van der Waals surface area contributed by atoms with Crippen molar-refractivity contribution in [2.24, 2.45) is 4.99 Å². The molecular weight excluding hydrogens is 380 g/mol. The summed E-state index contributed by atoms with van der Waals surface area (Å²) in [5.41, 5.74) is 7.34. The Balaban J connectivity index is 1.90. The van der Waals surface area contributed by atoms with Crippen LogP contribution in [0.25, 0.3) is 11.1 Å². The quantitative estimate of drug-likeness (QED) is 0.242. The van der Waals surface area contributed by atoms with Crippen molar-refractivity contribution in [3.8, 4) is 11.1 Å². The van der Waals surface area contributed by atoms with E-state index in [1.54, 1.807) is 0 Å². The minimum absolute atomic E-state index is 0.0854. The van der Waals surface area contributed by atoms with Crippen LogP contribution in [0.2, 0.25) is 0 Å². The summed E-state index contributed by atoms with van der Waals surface area (Å²) in [6.07, 6.45) is 2.66. The van der Waals surface area contributed by atoms with Gasteiger partial charge in [0.15, 0.2) is 0 Å². The first-order valence-electron chi connectivity index (χ1n) is 10.5. The normalized spacial score (nSPS) is 11.7. The molecule has 0 spiro atoms. The van der Waals surface area contributed by atoms with E-state index < -0.39 is 0 Å². The molecule has 3 nitrogen and oxygen atoms in total. The van der Waals surface area contributed by atoms with E-state index in [1.807, 2.05) is 56.3 Å².